The Labute approximate surface area is 99.1 Å². The number of hydrogen-bond donors (Lipinski definition) is 1. The van der Waals surface area contributed by atoms with Crippen molar-refractivity contribution < 1.29 is 5.11 Å². The van der Waals surface area contributed by atoms with Gasteiger partial charge in [0.25, 0.3) is 0 Å². The van der Waals surface area contributed by atoms with E-state index < -0.39 is 6.10 Å². The molecule has 1 nitrogen and oxygen atoms in total. The molecule has 0 saturated heterocycles. The van der Waals surface area contributed by atoms with Crippen LogP contribution in [-0.2, 0) is 0 Å². The van der Waals surface area contributed by atoms with Gasteiger partial charge in [0, 0.05) is 0 Å². The molecule has 0 spiro atoms. The highest BCUT2D eigenvalue weighted by molar-refractivity contribution is 14.1. The third-order valence-electron chi connectivity index (χ3n) is 3.69. The van der Waals surface area contributed by atoms with Gasteiger partial charge in [-0.1, -0.05) is 39.7 Å². The van der Waals surface area contributed by atoms with Crippen LogP contribution >= 0.6 is 22.6 Å². The fourth-order valence-corrected chi connectivity index (χ4v) is 4.12. The zero-order valence-electron chi connectivity index (χ0n) is 8.33. The highest BCUT2D eigenvalue weighted by atomic mass is 127. The standard InChI is InChI=1S/C12H15IO/c1-3-10(14)12(13)11-7(2)8-4-5-9(11)6-8/h1,8-10,12,14H,4-6H2,2H3. The molecule has 0 aromatic heterocycles. The van der Waals surface area contributed by atoms with Gasteiger partial charge in [-0.05, 0) is 38.0 Å². The first-order chi connectivity index (χ1) is 6.65. The maximum atomic E-state index is 9.65. The number of aliphatic hydroxyl groups is 1. The molecule has 14 heavy (non-hydrogen) atoms. The Balaban J connectivity index is 2.23. The molecule has 4 atom stereocenters. The summed E-state index contributed by atoms with van der Waals surface area (Å²) in [4.78, 5) is 0. The number of hydrogen-bond acceptors (Lipinski definition) is 1. The van der Waals surface area contributed by atoms with Gasteiger partial charge in [-0.15, -0.1) is 6.42 Å². The molecular formula is C12H15IO. The van der Waals surface area contributed by atoms with Crippen molar-refractivity contribution in [2.45, 2.75) is 36.2 Å². The topological polar surface area (TPSA) is 20.2 Å². The first-order valence-electron chi connectivity index (χ1n) is 5.14. The lowest BCUT2D eigenvalue weighted by atomic mass is 9.89. The van der Waals surface area contributed by atoms with Crippen LogP contribution in [0.4, 0.5) is 0 Å². The van der Waals surface area contributed by atoms with E-state index in [-0.39, 0.29) is 3.92 Å². The van der Waals surface area contributed by atoms with E-state index in [2.05, 4.69) is 35.4 Å². The molecule has 1 N–H and O–H groups in total. The van der Waals surface area contributed by atoms with Crippen LogP contribution in [0.25, 0.3) is 0 Å². The molecular weight excluding hydrogens is 287 g/mol. The van der Waals surface area contributed by atoms with E-state index >= 15 is 0 Å². The molecule has 2 rings (SSSR count). The van der Waals surface area contributed by atoms with Crippen molar-refractivity contribution in [1.29, 1.82) is 0 Å². The molecule has 0 aromatic carbocycles. The first-order valence-corrected chi connectivity index (χ1v) is 6.38. The van der Waals surface area contributed by atoms with E-state index in [1.807, 2.05) is 0 Å². The molecule has 2 aliphatic carbocycles. The minimum atomic E-state index is -0.611. The SMILES string of the molecule is C#CC(O)C(I)C1=C(C)C2CCC1C2. The third kappa shape index (κ3) is 1.51. The van der Waals surface area contributed by atoms with Gasteiger partial charge in [-0.25, -0.2) is 0 Å². The van der Waals surface area contributed by atoms with E-state index in [4.69, 9.17) is 6.42 Å². The first kappa shape index (κ1) is 10.5. The summed E-state index contributed by atoms with van der Waals surface area (Å²) in [5.74, 6) is 3.94. The number of aliphatic hydroxyl groups excluding tert-OH is 1. The highest BCUT2D eigenvalue weighted by Gasteiger charge is 2.40. The summed E-state index contributed by atoms with van der Waals surface area (Å²) in [7, 11) is 0. The Bertz CT molecular complexity index is 313. The van der Waals surface area contributed by atoms with E-state index in [0.717, 1.165) is 5.92 Å². The Morgan fingerprint density at radius 3 is 2.64 bits per heavy atom. The van der Waals surface area contributed by atoms with Gasteiger partial charge in [0.15, 0.2) is 0 Å². The molecule has 0 aromatic rings. The molecule has 0 heterocycles. The predicted molar refractivity (Wildman–Crippen MR) is 66.2 cm³/mol. The summed E-state index contributed by atoms with van der Waals surface area (Å²) in [6.07, 6.45) is 8.59. The second-order valence-corrected chi connectivity index (χ2v) is 5.70. The second kappa shape index (κ2) is 3.86. The average Bonchev–Trinajstić information content (AvgIpc) is 2.75. The molecule has 2 heteroatoms. The molecule has 2 bridgehead atoms. The van der Waals surface area contributed by atoms with E-state index in [9.17, 15) is 5.11 Å². The van der Waals surface area contributed by atoms with Gasteiger partial charge in [0.05, 0.1) is 3.92 Å². The highest BCUT2D eigenvalue weighted by Crippen LogP contribution is 2.51. The van der Waals surface area contributed by atoms with Crippen molar-refractivity contribution in [3.8, 4) is 12.3 Å². The monoisotopic (exact) mass is 302 g/mol. The van der Waals surface area contributed by atoms with Gasteiger partial charge < -0.3 is 5.11 Å². The third-order valence-corrected chi connectivity index (χ3v) is 5.04. The van der Waals surface area contributed by atoms with Crippen LogP contribution < -0.4 is 0 Å². The van der Waals surface area contributed by atoms with Crippen molar-refractivity contribution in [3.63, 3.8) is 0 Å². The zero-order valence-corrected chi connectivity index (χ0v) is 10.5. The normalized spacial score (nSPS) is 34.4. The Morgan fingerprint density at radius 1 is 1.50 bits per heavy atom. The number of halogens is 1. The summed E-state index contributed by atoms with van der Waals surface area (Å²) in [6.45, 7) is 2.22. The Kier molecular flexibility index (Phi) is 2.90. The maximum Gasteiger partial charge on any atom is 0.129 e. The molecule has 1 fully saturated rings. The van der Waals surface area contributed by atoms with Gasteiger partial charge in [-0.2, -0.15) is 0 Å². The number of alkyl halides is 1. The lowest BCUT2D eigenvalue weighted by Gasteiger charge is -2.23. The smallest absolute Gasteiger partial charge is 0.129 e. The van der Waals surface area contributed by atoms with Crippen LogP contribution in [0, 0.1) is 24.2 Å². The summed E-state index contributed by atoms with van der Waals surface area (Å²) >= 11 is 2.29. The molecule has 0 amide bonds. The van der Waals surface area contributed by atoms with Crippen LogP contribution in [0.3, 0.4) is 0 Å². The van der Waals surface area contributed by atoms with Gasteiger partial charge >= 0.3 is 0 Å². The van der Waals surface area contributed by atoms with Gasteiger partial charge in [0.1, 0.15) is 6.10 Å². The largest absolute Gasteiger partial charge is 0.379 e. The van der Waals surface area contributed by atoms with Crippen LogP contribution in [0.1, 0.15) is 26.2 Å². The molecule has 2 aliphatic rings. The van der Waals surface area contributed by atoms with Gasteiger partial charge in [-0.3, -0.25) is 0 Å². The van der Waals surface area contributed by atoms with E-state index in [1.54, 1.807) is 0 Å². The van der Waals surface area contributed by atoms with Crippen molar-refractivity contribution in [2.75, 3.05) is 0 Å². The Morgan fingerprint density at radius 2 is 2.14 bits per heavy atom. The fourth-order valence-electron chi connectivity index (χ4n) is 2.91. The summed E-state index contributed by atoms with van der Waals surface area (Å²) < 4.78 is 0.132. The lowest BCUT2D eigenvalue weighted by molar-refractivity contribution is 0.238. The average molecular weight is 302 g/mol. The molecule has 1 saturated carbocycles. The molecule has 76 valence electrons. The Hall–Kier alpha value is -0.0100. The molecule has 4 unspecified atom stereocenters. The van der Waals surface area contributed by atoms with Crippen molar-refractivity contribution in [2.24, 2.45) is 11.8 Å². The van der Waals surface area contributed by atoms with E-state index in [0.29, 0.717) is 5.92 Å². The van der Waals surface area contributed by atoms with Crippen LogP contribution in [0.2, 0.25) is 0 Å². The minimum absolute atomic E-state index is 0.132. The van der Waals surface area contributed by atoms with E-state index in [1.165, 1.54) is 30.4 Å². The molecule has 0 aliphatic heterocycles. The number of fused-ring (bicyclic) bond motifs is 2. The number of rotatable bonds is 2. The predicted octanol–water partition coefficient (Wildman–Crippen LogP) is 2.53. The van der Waals surface area contributed by atoms with Crippen molar-refractivity contribution >= 4 is 22.6 Å². The number of allylic oxidation sites excluding steroid dienone is 1. The van der Waals surface area contributed by atoms with Crippen molar-refractivity contribution in [1.82, 2.24) is 0 Å². The quantitative estimate of drug-likeness (QED) is 0.360. The minimum Gasteiger partial charge on any atom is -0.379 e. The summed E-state index contributed by atoms with van der Waals surface area (Å²) in [6, 6.07) is 0. The zero-order chi connectivity index (χ0) is 10.3. The lowest BCUT2D eigenvalue weighted by Crippen LogP contribution is -2.24. The van der Waals surface area contributed by atoms with Gasteiger partial charge in [0.2, 0.25) is 0 Å². The summed E-state index contributed by atoms with van der Waals surface area (Å²) in [5, 5.41) is 9.65. The fraction of sp³-hybridized carbons (Fsp3) is 0.667. The molecule has 0 radical (unpaired) electrons. The van der Waals surface area contributed by atoms with Crippen LogP contribution in [0.15, 0.2) is 11.1 Å². The van der Waals surface area contributed by atoms with Crippen LogP contribution in [0.5, 0.6) is 0 Å². The summed E-state index contributed by atoms with van der Waals surface area (Å²) in [5.41, 5.74) is 2.96. The van der Waals surface area contributed by atoms with Crippen LogP contribution in [-0.4, -0.2) is 15.1 Å². The number of terminal acetylenes is 1. The second-order valence-electron chi connectivity index (χ2n) is 4.36. The maximum absolute atomic E-state index is 9.65. The van der Waals surface area contributed by atoms with Crippen molar-refractivity contribution in [3.05, 3.63) is 11.1 Å².